The Bertz CT molecular complexity index is 648. The highest BCUT2D eigenvalue weighted by molar-refractivity contribution is 14.0. The lowest BCUT2D eigenvalue weighted by Gasteiger charge is -2.37. The summed E-state index contributed by atoms with van der Waals surface area (Å²) in [6.45, 7) is 6.29. The van der Waals surface area contributed by atoms with Crippen molar-refractivity contribution in [1.82, 2.24) is 19.9 Å². The molecule has 0 spiro atoms. The van der Waals surface area contributed by atoms with Gasteiger partial charge in [0, 0.05) is 52.5 Å². The van der Waals surface area contributed by atoms with Gasteiger partial charge >= 0.3 is 0 Å². The molecule has 1 fully saturated rings. The third-order valence-corrected chi connectivity index (χ3v) is 5.51. The molecule has 10 heteroatoms. The smallest absolute Gasteiger partial charge is 0.211 e. The average Bonchev–Trinajstić information content (AvgIpc) is 2.65. The first-order valence-corrected chi connectivity index (χ1v) is 10.3. The SMILES string of the molecule is CCS(=O)(=O)NCCCNC(=NC)N1CCN(c2ccccn2)CC1.I. The summed E-state index contributed by atoms with van der Waals surface area (Å²) in [5.41, 5.74) is 0. The van der Waals surface area contributed by atoms with Gasteiger partial charge in [-0.1, -0.05) is 6.07 Å². The minimum absolute atomic E-state index is 0. The summed E-state index contributed by atoms with van der Waals surface area (Å²) >= 11 is 0. The third kappa shape index (κ3) is 7.23. The van der Waals surface area contributed by atoms with E-state index in [1.165, 1.54) is 0 Å². The number of halogens is 1. The van der Waals surface area contributed by atoms with E-state index < -0.39 is 10.0 Å². The molecule has 0 radical (unpaired) electrons. The molecule has 0 aromatic carbocycles. The maximum atomic E-state index is 11.4. The predicted octanol–water partition coefficient (Wildman–Crippen LogP) is 0.726. The molecule has 1 aromatic rings. The molecule has 8 nitrogen and oxygen atoms in total. The number of nitrogens with one attached hydrogen (secondary N) is 2. The van der Waals surface area contributed by atoms with Gasteiger partial charge in [0.05, 0.1) is 5.75 Å². The number of anilines is 1. The topological polar surface area (TPSA) is 89.9 Å². The van der Waals surface area contributed by atoms with E-state index in [9.17, 15) is 8.42 Å². The molecule has 1 aromatic heterocycles. The van der Waals surface area contributed by atoms with Crippen LogP contribution in [0.5, 0.6) is 0 Å². The summed E-state index contributed by atoms with van der Waals surface area (Å²) in [5, 5.41) is 3.30. The molecule has 0 atom stereocenters. The fraction of sp³-hybridized carbons (Fsp3) is 0.625. The van der Waals surface area contributed by atoms with Gasteiger partial charge in [-0.25, -0.2) is 18.1 Å². The van der Waals surface area contributed by atoms with Crippen molar-refractivity contribution in [3.8, 4) is 0 Å². The Kier molecular flexibility index (Phi) is 10.2. The molecule has 1 aliphatic heterocycles. The fourth-order valence-electron chi connectivity index (χ4n) is 2.64. The average molecular weight is 496 g/mol. The molecule has 0 amide bonds. The molecule has 2 N–H and O–H groups in total. The zero-order chi connectivity index (χ0) is 18.1. The summed E-state index contributed by atoms with van der Waals surface area (Å²) in [6, 6.07) is 5.95. The Hall–Kier alpha value is -1.14. The molecule has 1 saturated heterocycles. The molecular formula is C16H29IN6O2S. The summed E-state index contributed by atoms with van der Waals surface area (Å²) in [6.07, 6.45) is 2.53. The molecule has 0 unspecified atom stereocenters. The summed E-state index contributed by atoms with van der Waals surface area (Å²) in [7, 11) is -1.34. The quantitative estimate of drug-likeness (QED) is 0.251. The second kappa shape index (κ2) is 11.5. The zero-order valence-electron chi connectivity index (χ0n) is 15.4. The number of hydrogen-bond acceptors (Lipinski definition) is 5. The van der Waals surface area contributed by atoms with Crippen LogP contribution in [0.2, 0.25) is 0 Å². The number of pyridine rings is 1. The Labute approximate surface area is 173 Å². The second-order valence-electron chi connectivity index (χ2n) is 5.79. The van der Waals surface area contributed by atoms with Crippen LogP contribution in [0.4, 0.5) is 5.82 Å². The Balaban J connectivity index is 0.00000338. The van der Waals surface area contributed by atoms with Crippen molar-refractivity contribution in [3.63, 3.8) is 0 Å². The van der Waals surface area contributed by atoms with Gasteiger partial charge in [-0.3, -0.25) is 4.99 Å². The normalized spacial score (nSPS) is 15.5. The number of sulfonamides is 1. The zero-order valence-corrected chi connectivity index (χ0v) is 18.5. The molecule has 0 aliphatic carbocycles. The van der Waals surface area contributed by atoms with E-state index in [-0.39, 0.29) is 29.7 Å². The van der Waals surface area contributed by atoms with Crippen LogP contribution < -0.4 is 14.9 Å². The van der Waals surface area contributed by atoms with E-state index in [0.717, 1.165) is 38.0 Å². The highest BCUT2D eigenvalue weighted by atomic mass is 127. The van der Waals surface area contributed by atoms with Crippen LogP contribution in [0.25, 0.3) is 0 Å². The summed E-state index contributed by atoms with van der Waals surface area (Å²) in [5.74, 6) is 1.98. The highest BCUT2D eigenvalue weighted by Crippen LogP contribution is 2.12. The molecule has 0 bridgehead atoms. The first-order valence-electron chi connectivity index (χ1n) is 8.64. The molecular weight excluding hydrogens is 467 g/mol. The Morgan fingerprint density at radius 2 is 1.96 bits per heavy atom. The molecule has 1 aliphatic rings. The van der Waals surface area contributed by atoms with E-state index in [1.807, 2.05) is 24.4 Å². The maximum absolute atomic E-state index is 11.4. The van der Waals surface area contributed by atoms with Crippen molar-refractivity contribution in [2.24, 2.45) is 4.99 Å². The van der Waals surface area contributed by atoms with Gasteiger partial charge in [0.15, 0.2) is 5.96 Å². The van der Waals surface area contributed by atoms with Gasteiger partial charge < -0.3 is 15.1 Å². The lowest BCUT2D eigenvalue weighted by molar-refractivity contribution is 0.371. The van der Waals surface area contributed by atoms with Gasteiger partial charge in [0.2, 0.25) is 10.0 Å². The Morgan fingerprint density at radius 1 is 1.23 bits per heavy atom. The molecule has 148 valence electrons. The van der Waals surface area contributed by atoms with Crippen LogP contribution in [0.3, 0.4) is 0 Å². The second-order valence-corrected chi connectivity index (χ2v) is 7.88. The van der Waals surface area contributed by atoms with Crippen molar-refractivity contribution in [2.45, 2.75) is 13.3 Å². The van der Waals surface area contributed by atoms with E-state index in [1.54, 1.807) is 14.0 Å². The summed E-state index contributed by atoms with van der Waals surface area (Å²) in [4.78, 5) is 13.2. The standard InChI is InChI=1S/C16H28N6O2S.HI/c1-3-25(23,24)20-10-6-9-19-16(17-2)22-13-11-21(12-14-22)15-7-4-5-8-18-15;/h4-5,7-8,20H,3,6,9-14H2,1-2H3,(H,17,19);1H. The van der Waals surface area contributed by atoms with Gasteiger partial charge in [0.1, 0.15) is 5.82 Å². The van der Waals surface area contributed by atoms with Crippen molar-refractivity contribution < 1.29 is 8.42 Å². The number of hydrogen-bond donors (Lipinski definition) is 2. The van der Waals surface area contributed by atoms with Crippen molar-refractivity contribution in [3.05, 3.63) is 24.4 Å². The van der Waals surface area contributed by atoms with Crippen LogP contribution in [0, 0.1) is 0 Å². The van der Waals surface area contributed by atoms with Crippen LogP contribution in [0.15, 0.2) is 29.4 Å². The molecule has 0 saturated carbocycles. The lowest BCUT2D eigenvalue weighted by Crippen LogP contribution is -2.53. The lowest BCUT2D eigenvalue weighted by atomic mass is 10.3. The van der Waals surface area contributed by atoms with E-state index in [4.69, 9.17) is 0 Å². The monoisotopic (exact) mass is 496 g/mol. The number of rotatable bonds is 7. The minimum atomic E-state index is -3.11. The van der Waals surface area contributed by atoms with Gasteiger partial charge in [-0.15, -0.1) is 24.0 Å². The maximum Gasteiger partial charge on any atom is 0.211 e. The van der Waals surface area contributed by atoms with Crippen molar-refractivity contribution >= 4 is 45.8 Å². The number of guanidine groups is 1. The van der Waals surface area contributed by atoms with Gasteiger partial charge in [-0.2, -0.15) is 0 Å². The van der Waals surface area contributed by atoms with E-state index in [2.05, 4.69) is 29.8 Å². The molecule has 2 heterocycles. The van der Waals surface area contributed by atoms with Gasteiger partial charge in [-0.05, 0) is 25.5 Å². The van der Waals surface area contributed by atoms with E-state index >= 15 is 0 Å². The third-order valence-electron chi connectivity index (χ3n) is 4.10. The summed E-state index contributed by atoms with van der Waals surface area (Å²) < 4.78 is 25.3. The first-order chi connectivity index (χ1) is 12.1. The molecule has 2 rings (SSSR count). The fourth-order valence-corrected chi connectivity index (χ4v) is 3.30. The number of nitrogens with zero attached hydrogens (tertiary/aromatic N) is 4. The van der Waals surface area contributed by atoms with Crippen molar-refractivity contribution in [2.75, 3.05) is 57.0 Å². The largest absolute Gasteiger partial charge is 0.356 e. The first kappa shape index (κ1) is 22.9. The van der Waals surface area contributed by atoms with Crippen LogP contribution >= 0.6 is 24.0 Å². The van der Waals surface area contributed by atoms with Crippen LogP contribution in [-0.4, -0.2) is 76.3 Å². The minimum Gasteiger partial charge on any atom is -0.356 e. The predicted molar refractivity (Wildman–Crippen MR) is 117 cm³/mol. The number of aliphatic imine (C=N–C) groups is 1. The Morgan fingerprint density at radius 3 is 2.54 bits per heavy atom. The van der Waals surface area contributed by atoms with Crippen LogP contribution in [0.1, 0.15) is 13.3 Å². The van der Waals surface area contributed by atoms with Gasteiger partial charge in [0.25, 0.3) is 0 Å². The van der Waals surface area contributed by atoms with E-state index in [0.29, 0.717) is 19.5 Å². The number of aromatic nitrogens is 1. The van der Waals surface area contributed by atoms with Crippen molar-refractivity contribution in [1.29, 1.82) is 0 Å². The highest BCUT2D eigenvalue weighted by Gasteiger charge is 2.20. The van der Waals surface area contributed by atoms with Crippen LogP contribution in [-0.2, 0) is 10.0 Å². The number of piperazine rings is 1. The molecule has 26 heavy (non-hydrogen) atoms.